The standard InChI is InChI=1S/C18H23NO2S2/c1-13-6-7-14(2)16(11-13)12-23(21)15(3)18(20)19-9-8-17-5-4-10-22-17/h4-7,10-11,15H,8-9,12H2,1-3H3,(H,19,20)/t15-,23+/m1/s1. The molecular weight excluding hydrogens is 326 g/mol. The molecular formula is C18H23NO2S2. The van der Waals surface area contributed by atoms with Crippen molar-refractivity contribution < 1.29 is 9.00 Å². The highest BCUT2D eigenvalue weighted by atomic mass is 32.2. The molecule has 0 aliphatic heterocycles. The SMILES string of the molecule is Cc1ccc(C)c(C[S@](=O)[C@H](C)C(=O)NCCc2cccs2)c1. The maximum absolute atomic E-state index is 12.5. The average Bonchev–Trinajstić information content (AvgIpc) is 3.03. The average molecular weight is 350 g/mol. The Balaban J connectivity index is 1.85. The number of carbonyl (C=O) groups excluding carboxylic acids is 1. The van der Waals surface area contributed by atoms with Crippen molar-refractivity contribution in [3.8, 4) is 0 Å². The van der Waals surface area contributed by atoms with E-state index in [0.717, 1.165) is 23.1 Å². The minimum atomic E-state index is -1.21. The quantitative estimate of drug-likeness (QED) is 0.833. The molecule has 2 atom stereocenters. The first-order chi connectivity index (χ1) is 11.0. The van der Waals surface area contributed by atoms with Gasteiger partial charge in [0.15, 0.2) is 0 Å². The highest BCUT2D eigenvalue weighted by molar-refractivity contribution is 7.85. The molecule has 1 amide bonds. The predicted molar refractivity (Wildman–Crippen MR) is 98.3 cm³/mol. The Bertz CT molecular complexity index is 680. The van der Waals surface area contributed by atoms with E-state index in [4.69, 9.17) is 0 Å². The minimum Gasteiger partial charge on any atom is -0.355 e. The molecule has 124 valence electrons. The van der Waals surface area contributed by atoms with Gasteiger partial charge in [-0.15, -0.1) is 11.3 Å². The van der Waals surface area contributed by atoms with Gasteiger partial charge in [0.2, 0.25) is 5.91 Å². The molecule has 23 heavy (non-hydrogen) atoms. The van der Waals surface area contributed by atoms with Crippen LogP contribution in [0.15, 0.2) is 35.7 Å². The number of carbonyl (C=O) groups is 1. The zero-order valence-electron chi connectivity index (χ0n) is 13.8. The van der Waals surface area contributed by atoms with E-state index in [1.54, 1.807) is 18.3 Å². The van der Waals surface area contributed by atoms with Crippen LogP contribution in [0.5, 0.6) is 0 Å². The van der Waals surface area contributed by atoms with Gasteiger partial charge in [0.1, 0.15) is 5.25 Å². The van der Waals surface area contributed by atoms with Crippen LogP contribution < -0.4 is 5.32 Å². The smallest absolute Gasteiger partial charge is 0.235 e. The third-order valence-corrected chi connectivity index (χ3v) is 6.35. The fourth-order valence-corrected chi connectivity index (χ4v) is 4.16. The van der Waals surface area contributed by atoms with E-state index >= 15 is 0 Å². The van der Waals surface area contributed by atoms with Crippen molar-refractivity contribution in [2.45, 2.75) is 38.2 Å². The molecule has 2 aromatic rings. The van der Waals surface area contributed by atoms with Crippen LogP contribution in [-0.2, 0) is 27.8 Å². The molecule has 1 aromatic heterocycles. The summed E-state index contributed by atoms with van der Waals surface area (Å²) in [6.07, 6.45) is 0.819. The number of nitrogens with one attached hydrogen (secondary N) is 1. The molecule has 0 radical (unpaired) electrons. The van der Waals surface area contributed by atoms with E-state index in [-0.39, 0.29) is 5.91 Å². The summed E-state index contributed by atoms with van der Waals surface area (Å²) < 4.78 is 12.5. The molecule has 0 spiro atoms. The maximum Gasteiger partial charge on any atom is 0.235 e. The van der Waals surface area contributed by atoms with Gasteiger partial charge >= 0.3 is 0 Å². The molecule has 0 bridgehead atoms. The first-order valence-corrected chi connectivity index (χ1v) is 9.97. The largest absolute Gasteiger partial charge is 0.355 e. The Morgan fingerprint density at radius 3 is 2.78 bits per heavy atom. The first kappa shape index (κ1) is 17.9. The summed E-state index contributed by atoms with van der Waals surface area (Å²) >= 11 is 1.68. The van der Waals surface area contributed by atoms with Crippen molar-refractivity contribution in [2.24, 2.45) is 0 Å². The van der Waals surface area contributed by atoms with Gasteiger partial charge in [0.25, 0.3) is 0 Å². The number of aryl methyl sites for hydroxylation is 2. The summed E-state index contributed by atoms with van der Waals surface area (Å²) in [5, 5.41) is 4.41. The van der Waals surface area contributed by atoms with E-state index < -0.39 is 16.0 Å². The van der Waals surface area contributed by atoms with Crippen molar-refractivity contribution >= 4 is 28.0 Å². The fourth-order valence-electron chi connectivity index (χ4n) is 2.26. The van der Waals surface area contributed by atoms with Gasteiger partial charge in [0.05, 0.1) is 0 Å². The fraction of sp³-hybridized carbons (Fsp3) is 0.389. The Kier molecular flexibility index (Phi) is 6.54. The molecule has 0 unspecified atom stereocenters. The molecule has 5 heteroatoms. The van der Waals surface area contributed by atoms with Crippen LogP contribution in [0.25, 0.3) is 0 Å². The van der Waals surface area contributed by atoms with E-state index in [1.807, 2.05) is 37.4 Å². The Morgan fingerprint density at radius 1 is 1.30 bits per heavy atom. The van der Waals surface area contributed by atoms with Crippen LogP contribution in [0.1, 0.15) is 28.5 Å². The lowest BCUT2D eigenvalue weighted by atomic mass is 10.1. The normalized spacial score (nSPS) is 13.5. The first-order valence-electron chi connectivity index (χ1n) is 7.71. The van der Waals surface area contributed by atoms with Crippen LogP contribution in [0.3, 0.4) is 0 Å². The number of rotatable bonds is 7. The lowest BCUT2D eigenvalue weighted by molar-refractivity contribution is -0.120. The van der Waals surface area contributed by atoms with E-state index in [0.29, 0.717) is 12.3 Å². The van der Waals surface area contributed by atoms with Crippen LogP contribution >= 0.6 is 11.3 Å². The number of hydrogen-bond acceptors (Lipinski definition) is 3. The van der Waals surface area contributed by atoms with Crippen molar-refractivity contribution in [3.05, 3.63) is 57.3 Å². The van der Waals surface area contributed by atoms with Gasteiger partial charge in [-0.2, -0.15) is 0 Å². The Morgan fingerprint density at radius 2 is 2.09 bits per heavy atom. The topological polar surface area (TPSA) is 46.2 Å². The van der Waals surface area contributed by atoms with Gasteiger partial charge in [-0.1, -0.05) is 29.8 Å². The second-order valence-corrected chi connectivity index (χ2v) is 8.51. The number of hydrogen-bond donors (Lipinski definition) is 1. The second-order valence-electron chi connectivity index (χ2n) is 5.72. The number of amides is 1. The number of benzene rings is 1. The third-order valence-electron chi connectivity index (χ3n) is 3.82. The van der Waals surface area contributed by atoms with E-state index in [1.165, 1.54) is 4.88 Å². The summed E-state index contributed by atoms with van der Waals surface area (Å²) in [5.41, 5.74) is 3.33. The zero-order chi connectivity index (χ0) is 16.8. The summed E-state index contributed by atoms with van der Waals surface area (Å²) in [6, 6.07) is 10.2. The molecule has 0 aliphatic carbocycles. The van der Waals surface area contributed by atoms with Gasteiger partial charge < -0.3 is 5.32 Å². The zero-order valence-corrected chi connectivity index (χ0v) is 15.4. The molecule has 0 saturated carbocycles. The maximum atomic E-state index is 12.5. The molecule has 1 heterocycles. The molecule has 0 fully saturated rings. The summed E-state index contributed by atoms with van der Waals surface area (Å²) in [6.45, 7) is 6.36. The molecule has 0 aliphatic rings. The van der Waals surface area contributed by atoms with E-state index in [9.17, 15) is 9.00 Å². The van der Waals surface area contributed by atoms with E-state index in [2.05, 4.69) is 17.4 Å². The van der Waals surface area contributed by atoms with Crippen LogP contribution in [-0.4, -0.2) is 21.9 Å². The van der Waals surface area contributed by atoms with Crippen molar-refractivity contribution in [1.82, 2.24) is 5.32 Å². The molecule has 0 saturated heterocycles. The molecule has 1 aromatic carbocycles. The van der Waals surface area contributed by atoms with Crippen molar-refractivity contribution in [3.63, 3.8) is 0 Å². The van der Waals surface area contributed by atoms with Crippen LogP contribution in [0.2, 0.25) is 0 Å². The minimum absolute atomic E-state index is 0.134. The monoisotopic (exact) mass is 349 g/mol. The van der Waals surface area contributed by atoms with Gasteiger partial charge in [-0.25, -0.2) is 0 Å². The lowest BCUT2D eigenvalue weighted by Crippen LogP contribution is -2.36. The van der Waals surface area contributed by atoms with Gasteiger partial charge in [-0.05, 0) is 49.8 Å². The van der Waals surface area contributed by atoms with Gasteiger partial charge in [-0.3, -0.25) is 9.00 Å². The van der Waals surface area contributed by atoms with Crippen LogP contribution in [0.4, 0.5) is 0 Å². The second kappa shape index (κ2) is 8.41. The highest BCUT2D eigenvalue weighted by Gasteiger charge is 2.20. The summed E-state index contributed by atoms with van der Waals surface area (Å²) in [5.74, 6) is 0.290. The summed E-state index contributed by atoms with van der Waals surface area (Å²) in [7, 11) is -1.21. The summed E-state index contributed by atoms with van der Waals surface area (Å²) in [4.78, 5) is 13.4. The van der Waals surface area contributed by atoms with Crippen LogP contribution in [0, 0.1) is 13.8 Å². The molecule has 3 nitrogen and oxygen atoms in total. The predicted octanol–water partition coefficient (Wildman–Crippen LogP) is 3.36. The Hall–Kier alpha value is -1.46. The lowest BCUT2D eigenvalue weighted by Gasteiger charge is -2.13. The number of thiophene rings is 1. The molecule has 2 rings (SSSR count). The van der Waals surface area contributed by atoms with Crippen molar-refractivity contribution in [2.75, 3.05) is 6.54 Å². The molecule has 1 N–H and O–H groups in total. The third kappa shape index (κ3) is 5.29. The highest BCUT2D eigenvalue weighted by Crippen LogP contribution is 2.15. The van der Waals surface area contributed by atoms with Gasteiger partial charge in [0, 0.05) is 28.0 Å². The van der Waals surface area contributed by atoms with Crippen molar-refractivity contribution in [1.29, 1.82) is 0 Å². The Labute approximate surface area is 144 Å².